The van der Waals surface area contributed by atoms with Crippen molar-refractivity contribution in [1.29, 1.82) is 0 Å². The lowest BCUT2D eigenvalue weighted by Crippen LogP contribution is -2.55. The SMILES string of the molecule is CC(C)[C@H](C)NC(=O)[C@H]1CC[C@@H](C(F)(F)F)NC1=O. The maximum atomic E-state index is 12.4. The number of nitrogens with one attached hydrogen (secondary N) is 2. The summed E-state index contributed by atoms with van der Waals surface area (Å²) in [6.07, 6.45) is -4.79. The third kappa shape index (κ3) is 4.11. The van der Waals surface area contributed by atoms with Crippen molar-refractivity contribution < 1.29 is 22.8 Å². The van der Waals surface area contributed by atoms with Gasteiger partial charge in [0.2, 0.25) is 11.8 Å². The largest absolute Gasteiger partial charge is 0.408 e. The minimum Gasteiger partial charge on any atom is -0.353 e. The zero-order valence-electron chi connectivity index (χ0n) is 11.2. The summed E-state index contributed by atoms with van der Waals surface area (Å²) in [5, 5.41) is 4.52. The van der Waals surface area contributed by atoms with Gasteiger partial charge in [-0.05, 0) is 25.7 Å². The van der Waals surface area contributed by atoms with Crippen LogP contribution in [0.15, 0.2) is 0 Å². The molecule has 7 heteroatoms. The first-order valence-electron chi connectivity index (χ1n) is 6.30. The molecule has 4 nitrogen and oxygen atoms in total. The molecule has 0 aromatic carbocycles. The summed E-state index contributed by atoms with van der Waals surface area (Å²) in [6, 6.07) is -1.97. The average molecular weight is 280 g/mol. The molecule has 1 fully saturated rings. The maximum Gasteiger partial charge on any atom is 0.408 e. The standard InChI is InChI=1S/C12H19F3N2O2/c1-6(2)7(3)16-10(18)8-4-5-9(12(13,14)15)17-11(8)19/h6-9H,4-5H2,1-3H3,(H,16,18)(H,17,19)/t7-,8+,9-/m0/s1. The minimum absolute atomic E-state index is 0.0767. The zero-order chi connectivity index (χ0) is 14.8. The Morgan fingerprint density at radius 1 is 1.32 bits per heavy atom. The van der Waals surface area contributed by atoms with Crippen LogP contribution in [0.2, 0.25) is 0 Å². The highest BCUT2D eigenvalue weighted by Gasteiger charge is 2.45. The Balaban J connectivity index is 2.59. The first kappa shape index (κ1) is 15.8. The Bertz CT molecular complexity index is 355. The molecule has 1 aliphatic rings. The normalized spacial score (nSPS) is 25.9. The number of carbonyl (C=O) groups excluding carboxylic acids is 2. The van der Waals surface area contributed by atoms with Crippen molar-refractivity contribution in [3.8, 4) is 0 Å². The summed E-state index contributed by atoms with van der Waals surface area (Å²) >= 11 is 0. The minimum atomic E-state index is -4.46. The van der Waals surface area contributed by atoms with Gasteiger partial charge in [-0.3, -0.25) is 9.59 Å². The van der Waals surface area contributed by atoms with Gasteiger partial charge in [-0.2, -0.15) is 13.2 Å². The van der Waals surface area contributed by atoms with Crippen molar-refractivity contribution >= 4 is 11.8 Å². The number of rotatable bonds is 3. The highest BCUT2D eigenvalue weighted by Crippen LogP contribution is 2.28. The van der Waals surface area contributed by atoms with Gasteiger partial charge in [0.1, 0.15) is 12.0 Å². The van der Waals surface area contributed by atoms with Gasteiger partial charge >= 0.3 is 6.18 Å². The fourth-order valence-corrected chi connectivity index (χ4v) is 1.80. The van der Waals surface area contributed by atoms with E-state index in [4.69, 9.17) is 0 Å². The van der Waals surface area contributed by atoms with Gasteiger partial charge in [0.25, 0.3) is 0 Å². The fourth-order valence-electron chi connectivity index (χ4n) is 1.80. The molecule has 1 saturated heterocycles. The van der Waals surface area contributed by atoms with Crippen LogP contribution in [0.25, 0.3) is 0 Å². The lowest BCUT2D eigenvalue weighted by molar-refractivity contribution is -0.171. The van der Waals surface area contributed by atoms with Gasteiger partial charge in [0.15, 0.2) is 0 Å². The van der Waals surface area contributed by atoms with Crippen molar-refractivity contribution in [2.45, 2.75) is 51.9 Å². The van der Waals surface area contributed by atoms with Crippen LogP contribution < -0.4 is 10.6 Å². The molecule has 2 amide bonds. The van der Waals surface area contributed by atoms with E-state index >= 15 is 0 Å². The highest BCUT2D eigenvalue weighted by molar-refractivity contribution is 6.01. The molecule has 1 rings (SSSR count). The van der Waals surface area contributed by atoms with E-state index in [1.807, 2.05) is 19.2 Å². The molecule has 0 spiro atoms. The lowest BCUT2D eigenvalue weighted by Gasteiger charge is -2.30. The van der Waals surface area contributed by atoms with Crippen LogP contribution in [0.5, 0.6) is 0 Å². The van der Waals surface area contributed by atoms with Crippen molar-refractivity contribution in [1.82, 2.24) is 10.6 Å². The molecule has 19 heavy (non-hydrogen) atoms. The summed E-state index contributed by atoms with van der Waals surface area (Å²) in [6.45, 7) is 5.61. The Kier molecular flexibility index (Phi) is 4.81. The summed E-state index contributed by atoms with van der Waals surface area (Å²) in [7, 11) is 0. The van der Waals surface area contributed by atoms with Crippen LogP contribution in [0.1, 0.15) is 33.6 Å². The Morgan fingerprint density at radius 3 is 2.32 bits per heavy atom. The first-order chi connectivity index (χ1) is 8.62. The summed E-state index contributed by atoms with van der Waals surface area (Å²) in [5.41, 5.74) is 0. The summed E-state index contributed by atoms with van der Waals surface area (Å²) in [5.74, 6) is -2.18. The second-order valence-corrected chi connectivity index (χ2v) is 5.27. The van der Waals surface area contributed by atoms with Crippen molar-refractivity contribution in [2.75, 3.05) is 0 Å². The monoisotopic (exact) mass is 280 g/mol. The molecule has 0 radical (unpaired) electrons. The average Bonchev–Trinajstić information content (AvgIpc) is 2.27. The number of hydrogen-bond acceptors (Lipinski definition) is 2. The van der Waals surface area contributed by atoms with Gasteiger partial charge in [-0.25, -0.2) is 0 Å². The molecule has 0 bridgehead atoms. The Hall–Kier alpha value is -1.27. The third-order valence-electron chi connectivity index (χ3n) is 3.46. The molecule has 0 unspecified atom stereocenters. The van der Waals surface area contributed by atoms with E-state index in [0.29, 0.717) is 0 Å². The molecule has 2 N–H and O–H groups in total. The number of piperidine rings is 1. The molecule has 110 valence electrons. The first-order valence-corrected chi connectivity index (χ1v) is 6.30. The van der Waals surface area contributed by atoms with Crippen LogP contribution >= 0.6 is 0 Å². The van der Waals surface area contributed by atoms with Crippen LogP contribution in [0, 0.1) is 11.8 Å². The van der Waals surface area contributed by atoms with E-state index in [-0.39, 0.29) is 24.8 Å². The van der Waals surface area contributed by atoms with E-state index in [1.54, 1.807) is 6.92 Å². The number of hydrogen-bond donors (Lipinski definition) is 2. The predicted octanol–water partition coefficient (Wildman–Crippen LogP) is 1.60. The number of amides is 2. The van der Waals surface area contributed by atoms with E-state index < -0.39 is 30.0 Å². The van der Waals surface area contributed by atoms with Crippen LogP contribution in [-0.2, 0) is 9.59 Å². The maximum absolute atomic E-state index is 12.4. The van der Waals surface area contributed by atoms with Crippen LogP contribution in [-0.4, -0.2) is 30.1 Å². The number of halogens is 3. The van der Waals surface area contributed by atoms with Crippen LogP contribution in [0.3, 0.4) is 0 Å². The van der Waals surface area contributed by atoms with E-state index in [1.165, 1.54) is 0 Å². The third-order valence-corrected chi connectivity index (χ3v) is 3.46. The van der Waals surface area contributed by atoms with Gasteiger partial charge < -0.3 is 10.6 Å². The predicted molar refractivity (Wildman–Crippen MR) is 63.2 cm³/mol. The second-order valence-electron chi connectivity index (χ2n) is 5.27. The molecule has 1 heterocycles. The van der Waals surface area contributed by atoms with E-state index in [2.05, 4.69) is 5.32 Å². The second kappa shape index (κ2) is 5.79. The summed E-state index contributed by atoms with van der Waals surface area (Å²) < 4.78 is 37.3. The van der Waals surface area contributed by atoms with Crippen molar-refractivity contribution in [3.05, 3.63) is 0 Å². The quantitative estimate of drug-likeness (QED) is 0.772. The molecule has 0 saturated carbocycles. The topological polar surface area (TPSA) is 58.2 Å². The zero-order valence-corrected chi connectivity index (χ0v) is 11.2. The van der Waals surface area contributed by atoms with Crippen molar-refractivity contribution in [2.24, 2.45) is 11.8 Å². The van der Waals surface area contributed by atoms with Crippen molar-refractivity contribution in [3.63, 3.8) is 0 Å². The van der Waals surface area contributed by atoms with E-state index in [0.717, 1.165) is 0 Å². The molecule has 0 aliphatic carbocycles. The van der Waals surface area contributed by atoms with Gasteiger partial charge in [0.05, 0.1) is 0 Å². The Morgan fingerprint density at radius 2 is 1.89 bits per heavy atom. The number of alkyl halides is 3. The lowest BCUT2D eigenvalue weighted by atomic mass is 9.92. The highest BCUT2D eigenvalue weighted by atomic mass is 19.4. The molecule has 0 aromatic heterocycles. The van der Waals surface area contributed by atoms with E-state index in [9.17, 15) is 22.8 Å². The fraction of sp³-hybridized carbons (Fsp3) is 0.833. The molecule has 0 aromatic rings. The van der Waals surface area contributed by atoms with Gasteiger partial charge in [-0.1, -0.05) is 13.8 Å². The molecular formula is C12H19F3N2O2. The summed E-state index contributed by atoms with van der Waals surface area (Å²) in [4.78, 5) is 23.4. The molecule has 1 aliphatic heterocycles. The smallest absolute Gasteiger partial charge is 0.353 e. The van der Waals surface area contributed by atoms with Gasteiger partial charge in [-0.15, -0.1) is 0 Å². The molecule has 3 atom stereocenters. The van der Waals surface area contributed by atoms with Crippen LogP contribution in [0.4, 0.5) is 13.2 Å². The molecular weight excluding hydrogens is 261 g/mol. The Labute approximate surface area is 110 Å². The number of carbonyl (C=O) groups is 2. The van der Waals surface area contributed by atoms with Gasteiger partial charge in [0, 0.05) is 6.04 Å².